The lowest BCUT2D eigenvalue weighted by Gasteiger charge is -2.10. The molecule has 126 valence electrons. The van der Waals surface area contributed by atoms with Crippen molar-refractivity contribution in [3.63, 3.8) is 0 Å². The predicted octanol–water partition coefficient (Wildman–Crippen LogP) is 2.19. The molecule has 4 rings (SSSR count). The zero-order chi connectivity index (χ0) is 16.4. The first-order valence-corrected chi connectivity index (χ1v) is 8.30. The molecule has 0 saturated heterocycles. The maximum absolute atomic E-state index is 5.17. The second kappa shape index (κ2) is 6.56. The number of hydrogen-bond acceptors (Lipinski definition) is 6. The van der Waals surface area contributed by atoms with E-state index < -0.39 is 0 Å². The van der Waals surface area contributed by atoms with Crippen LogP contribution in [0.2, 0.25) is 0 Å². The lowest BCUT2D eigenvalue weighted by atomic mass is 10.3. The summed E-state index contributed by atoms with van der Waals surface area (Å²) >= 11 is 0. The van der Waals surface area contributed by atoms with Gasteiger partial charge in [0.05, 0.1) is 30.6 Å². The Morgan fingerprint density at radius 3 is 3.00 bits per heavy atom. The Kier molecular flexibility index (Phi) is 4.12. The molecule has 1 saturated carbocycles. The second-order valence-corrected chi connectivity index (χ2v) is 6.12. The number of nitrogens with one attached hydrogen (secondary N) is 1. The van der Waals surface area contributed by atoms with E-state index in [2.05, 4.69) is 37.3 Å². The molecule has 0 unspecified atom stereocenters. The van der Waals surface area contributed by atoms with E-state index in [0.717, 1.165) is 17.2 Å². The Balaban J connectivity index is 1.51. The normalized spacial score (nSPS) is 15.4. The van der Waals surface area contributed by atoms with Crippen molar-refractivity contribution in [3.05, 3.63) is 36.0 Å². The Morgan fingerprint density at radius 1 is 1.29 bits per heavy atom. The summed E-state index contributed by atoms with van der Waals surface area (Å²) in [6.45, 7) is 1.07. The average Bonchev–Trinajstić information content (AvgIpc) is 3.32. The highest BCUT2D eigenvalue weighted by molar-refractivity contribution is 5.45. The topological polar surface area (TPSA) is 82.2 Å². The van der Waals surface area contributed by atoms with Gasteiger partial charge in [-0.2, -0.15) is 19.7 Å². The minimum Gasteiger partial charge on any atom is -0.378 e. The number of methoxy groups -OCH3 is 1. The molecule has 1 N–H and O–H groups in total. The van der Waals surface area contributed by atoms with Gasteiger partial charge < -0.3 is 10.1 Å². The van der Waals surface area contributed by atoms with Gasteiger partial charge in [0.1, 0.15) is 12.1 Å². The van der Waals surface area contributed by atoms with Crippen molar-refractivity contribution in [3.8, 4) is 0 Å². The quantitative estimate of drug-likeness (QED) is 0.747. The summed E-state index contributed by atoms with van der Waals surface area (Å²) in [6.07, 6.45) is 8.67. The molecule has 1 aliphatic carbocycles. The van der Waals surface area contributed by atoms with Crippen LogP contribution in [0.5, 0.6) is 0 Å². The van der Waals surface area contributed by atoms with Crippen LogP contribution in [0.15, 0.2) is 24.7 Å². The van der Waals surface area contributed by atoms with Crippen LogP contribution in [0.4, 0.5) is 5.82 Å². The maximum atomic E-state index is 5.17. The van der Waals surface area contributed by atoms with Gasteiger partial charge in [0, 0.05) is 19.4 Å². The van der Waals surface area contributed by atoms with E-state index in [1.807, 2.05) is 6.07 Å². The van der Waals surface area contributed by atoms with Crippen molar-refractivity contribution in [1.82, 2.24) is 29.4 Å². The summed E-state index contributed by atoms with van der Waals surface area (Å²) in [4.78, 5) is 8.56. The molecule has 0 bridgehead atoms. The van der Waals surface area contributed by atoms with Crippen LogP contribution in [0, 0.1) is 0 Å². The summed E-state index contributed by atoms with van der Waals surface area (Å²) < 4.78 is 8.96. The third-order valence-electron chi connectivity index (χ3n) is 4.41. The van der Waals surface area contributed by atoms with E-state index in [9.17, 15) is 0 Å². The highest BCUT2D eigenvalue weighted by Crippen LogP contribution is 2.28. The molecular weight excluding hydrogens is 306 g/mol. The van der Waals surface area contributed by atoms with Gasteiger partial charge in [-0.05, 0) is 18.9 Å². The second-order valence-electron chi connectivity index (χ2n) is 6.12. The minimum atomic E-state index is 0.439. The van der Waals surface area contributed by atoms with Crippen LogP contribution in [-0.2, 0) is 17.9 Å². The summed E-state index contributed by atoms with van der Waals surface area (Å²) in [6, 6.07) is 4.57. The molecule has 3 aromatic heterocycles. The molecule has 0 radical (unpaired) electrons. The highest BCUT2D eigenvalue weighted by atomic mass is 16.5. The van der Waals surface area contributed by atoms with E-state index in [1.54, 1.807) is 11.6 Å². The number of aromatic nitrogens is 6. The Morgan fingerprint density at radius 2 is 2.17 bits per heavy atom. The zero-order valence-electron chi connectivity index (χ0n) is 13.7. The van der Waals surface area contributed by atoms with E-state index in [-0.39, 0.29) is 0 Å². The molecule has 8 nitrogen and oxygen atoms in total. The van der Waals surface area contributed by atoms with Crippen LogP contribution < -0.4 is 5.32 Å². The monoisotopic (exact) mass is 327 g/mol. The first-order chi connectivity index (χ1) is 11.8. The molecule has 0 spiro atoms. The van der Waals surface area contributed by atoms with Gasteiger partial charge in [-0.1, -0.05) is 12.8 Å². The first kappa shape index (κ1) is 15.1. The van der Waals surface area contributed by atoms with E-state index in [0.29, 0.717) is 25.0 Å². The largest absolute Gasteiger partial charge is 0.378 e. The Hall–Kier alpha value is -2.48. The molecule has 3 aromatic rings. The van der Waals surface area contributed by atoms with Crippen LogP contribution in [0.25, 0.3) is 5.78 Å². The van der Waals surface area contributed by atoms with Crippen molar-refractivity contribution in [1.29, 1.82) is 0 Å². The maximum Gasteiger partial charge on any atom is 0.254 e. The van der Waals surface area contributed by atoms with Crippen molar-refractivity contribution in [2.45, 2.75) is 44.9 Å². The summed E-state index contributed by atoms with van der Waals surface area (Å²) in [5.74, 6) is 1.39. The Bertz CT molecular complexity index is 819. The van der Waals surface area contributed by atoms with Gasteiger partial charge in [0.15, 0.2) is 0 Å². The molecule has 0 aromatic carbocycles. The molecule has 0 aliphatic heterocycles. The van der Waals surface area contributed by atoms with Crippen molar-refractivity contribution >= 4 is 11.6 Å². The fraction of sp³-hybridized carbons (Fsp3) is 0.500. The molecule has 24 heavy (non-hydrogen) atoms. The van der Waals surface area contributed by atoms with Gasteiger partial charge in [-0.15, -0.1) is 0 Å². The van der Waals surface area contributed by atoms with Crippen LogP contribution >= 0.6 is 0 Å². The Labute approximate surface area is 139 Å². The standard InChI is InChI=1S/C16H21N7O/c1-24-10-13-8-15(23-16(20-13)18-11-19-23)17-9-12-6-7-22(21-12)14-4-2-3-5-14/h6-8,11,14,17H,2-5,9-10H2,1H3. The van der Waals surface area contributed by atoms with Crippen molar-refractivity contribution in [2.75, 3.05) is 12.4 Å². The molecule has 1 aliphatic rings. The van der Waals surface area contributed by atoms with Gasteiger partial charge in [0.25, 0.3) is 5.78 Å². The number of rotatable bonds is 6. The van der Waals surface area contributed by atoms with Crippen LogP contribution in [0.3, 0.4) is 0 Å². The summed E-state index contributed by atoms with van der Waals surface area (Å²) in [7, 11) is 1.65. The molecule has 3 heterocycles. The zero-order valence-corrected chi connectivity index (χ0v) is 13.7. The van der Waals surface area contributed by atoms with Gasteiger partial charge in [-0.3, -0.25) is 4.68 Å². The highest BCUT2D eigenvalue weighted by Gasteiger charge is 2.17. The fourth-order valence-electron chi connectivity index (χ4n) is 3.23. The minimum absolute atomic E-state index is 0.439. The van der Waals surface area contributed by atoms with Crippen molar-refractivity contribution < 1.29 is 4.74 Å². The fourth-order valence-corrected chi connectivity index (χ4v) is 3.23. The van der Waals surface area contributed by atoms with Crippen LogP contribution in [0.1, 0.15) is 43.1 Å². The van der Waals surface area contributed by atoms with E-state index >= 15 is 0 Å². The number of anilines is 1. The SMILES string of the molecule is COCc1cc(NCc2ccn(C3CCCC3)n2)n2ncnc2n1. The van der Waals surface area contributed by atoms with Gasteiger partial charge in [0.2, 0.25) is 0 Å². The third-order valence-corrected chi connectivity index (χ3v) is 4.41. The van der Waals surface area contributed by atoms with E-state index in [4.69, 9.17) is 9.84 Å². The lowest BCUT2D eigenvalue weighted by molar-refractivity contribution is 0.181. The molecule has 8 heteroatoms. The number of nitrogens with zero attached hydrogens (tertiary/aromatic N) is 6. The summed E-state index contributed by atoms with van der Waals surface area (Å²) in [5, 5.41) is 12.3. The predicted molar refractivity (Wildman–Crippen MR) is 88.6 cm³/mol. The molecule has 0 amide bonds. The molecule has 1 fully saturated rings. The van der Waals surface area contributed by atoms with Crippen molar-refractivity contribution in [2.24, 2.45) is 0 Å². The van der Waals surface area contributed by atoms with E-state index in [1.165, 1.54) is 32.0 Å². The number of fused-ring (bicyclic) bond motifs is 1. The molecular formula is C16H21N7O. The van der Waals surface area contributed by atoms with Crippen LogP contribution in [-0.4, -0.2) is 36.5 Å². The average molecular weight is 327 g/mol. The van der Waals surface area contributed by atoms with Gasteiger partial charge in [-0.25, -0.2) is 4.98 Å². The summed E-state index contributed by atoms with van der Waals surface area (Å²) in [5.41, 5.74) is 1.83. The first-order valence-electron chi connectivity index (χ1n) is 8.30. The van der Waals surface area contributed by atoms with Gasteiger partial charge >= 0.3 is 0 Å². The molecule has 0 atom stereocenters. The smallest absolute Gasteiger partial charge is 0.254 e. The lowest BCUT2D eigenvalue weighted by Crippen LogP contribution is -2.10. The third kappa shape index (κ3) is 2.96. The number of ether oxygens (including phenoxy) is 1. The number of hydrogen-bond donors (Lipinski definition) is 1.